The molecule has 1 fully saturated rings. The Labute approximate surface area is 115 Å². The zero-order valence-electron chi connectivity index (χ0n) is 11.4. The Morgan fingerprint density at radius 3 is 2.05 bits per heavy atom. The summed E-state index contributed by atoms with van der Waals surface area (Å²) in [7, 11) is -3.13. The zero-order valence-corrected chi connectivity index (χ0v) is 12.2. The maximum Gasteiger partial charge on any atom is 0.216 e. The summed E-state index contributed by atoms with van der Waals surface area (Å²) >= 11 is 0. The molecule has 0 unspecified atom stereocenters. The van der Waals surface area contributed by atoms with Gasteiger partial charge in [-0.2, -0.15) is 4.31 Å². The van der Waals surface area contributed by atoms with E-state index in [9.17, 15) is 8.42 Å². The van der Waals surface area contributed by atoms with Crippen molar-refractivity contribution in [2.75, 3.05) is 36.8 Å². The van der Waals surface area contributed by atoms with Crippen LogP contribution in [0.1, 0.15) is 13.8 Å². The maximum absolute atomic E-state index is 12.1. The third kappa shape index (κ3) is 3.01. The Morgan fingerprint density at radius 1 is 1.05 bits per heavy atom. The van der Waals surface area contributed by atoms with Gasteiger partial charge < -0.3 is 10.6 Å². The molecule has 0 atom stereocenters. The van der Waals surface area contributed by atoms with Crippen LogP contribution >= 0.6 is 0 Å². The monoisotopic (exact) mass is 283 g/mol. The van der Waals surface area contributed by atoms with Crippen molar-refractivity contribution < 1.29 is 8.42 Å². The van der Waals surface area contributed by atoms with Crippen molar-refractivity contribution in [1.82, 2.24) is 4.31 Å². The summed E-state index contributed by atoms with van der Waals surface area (Å²) < 4.78 is 25.7. The van der Waals surface area contributed by atoms with Crippen LogP contribution in [0.3, 0.4) is 0 Å². The summed E-state index contributed by atoms with van der Waals surface area (Å²) in [4.78, 5) is 2.19. The van der Waals surface area contributed by atoms with Crippen LogP contribution in [0.2, 0.25) is 0 Å². The molecule has 1 heterocycles. The summed E-state index contributed by atoms with van der Waals surface area (Å²) in [5.74, 6) is 0. The fourth-order valence-corrected chi connectivity index (χ4v) is 3.45. The molecule has 106 valence electrons. The van der Waals surface area contributed by atoms with Gasteiger partial charge in [-0.3, -0.25) is 0 Å². The van der Waals surface area contributed by atoms with E-state index < -0.39 is 10.0 Å². The van der Waals surface area contributed by atoms with Gasteiger partial charge in [-0.05, 0) is 38.1 Å². The number of benzene rings is 1. The number of nitrogens with zero attached hydrogens (tertiary/aromatic N) is 2. The molecule has 1 aromatic carbocycles. The molecule has 0 aliphatic carbocycles. The largest absolute Gasteiger partial charge is 0.399 e. The second kappa shape index (κ2) is 5.38. The Hall–Kier alpha value is -1.27. The van der Waals surface area contributed by atoms with Gasteiger partial charge in [0.15, 0.2) is 0 Å². The van der Waals surface area contributed by atoms with E-state index in [0.717, 1.165) is 24.5 Å². The number of piperazine rings is 1. The van der Waals surface area contributed by atoms with E-state index in [2.05, 4.69) is 4.90 Å². The smallest absolute Gasteiger partial charge is 0.216 e. The topological polar surface area (TPSA) is 66.6 Å². The van der Waals surface area contributed by atoms with Gasteiger partial charge in [-0.25, -0.2) is 8.42 Å². The Morgan fingerprint density at radius 2 is 1.58 bits per heavy atom. The molecule has 0 amide bonds. The van der Waals surface area contributed by atoms with Gasteiger partial charge in [0.1, 0.15) is 0 Å². The van der Waals surface area contributed by atoms with E-state index in [0.29, 0.717) is 13.1 Å². The van der Waals surface area contributed by atoms with Crippen molar-refractivity contribution in [2.24, 2.45) is 0 Å². The molecule has 0 spiro atoms. The Balaban J connectivity index is 2.02. The molecule has 1 aromatic rings. The SMILES string of the molecule is CC(C)S(=O)(=O)N1CCN(c2ccc(N)cc2)CC1. The third-order valence-corrected chi connectivity index (χ3v) is 5.73. The Kier molecular flexibility index (Phi) is 4.01. The van der Waals surface area contributed by atoms with Crippen molar-refractivity contribution >= 4 is 21.4 Å². The second-order valence-electron chi connectivity index (χ2n) is 5.07. The van der Waals surface area contributed by atoms with E-state index in [1.54, 1.807) is 18.2 Å². The lowest BCUT2D eigenvalue weighted by Gasteiger charge is -2.36. The number of nitrogens with two attached hydrogens (primary N) is 1. The molecule has 5 nitrogen and oxygen atoms in total. The van der Waals surface area contributed by atoms with E-state index in [-0.39, 0.29) is 5.25 Å². The molecule has 0 radical (unpaired) electrons. The average molecular weight is 283 g/mol. The predicted molar refractivity (Wildman–Crippen MR) is 78.7 cm³/mol. The summed E-state index contributed by atoms with van der Waals surface area (Å²) in [6, 6.07) is 7.68. The average Bonchev–Trinajstić information content (AvgIpc) is 2.39. The molecule has 1 saturated heterocycles. The normalized spacial score (nSPS) is 17.9. The standard InChI is InChI=1S/C13H21N3O2S/c1-11(2)19(17,18)16-9-7-15(8-10-16)13-5-3-12(14)4-6-13/h3-6,11H,7-10,14H2,1-2H3. The zero-order chi connectivity index (χ0) is 14.0. The van der Waals surface area contributed by atoms with Gasteiger partial charge in [0.2, 0.25) is 10.0 Å². The van der Waals surface area contributed by atoms with Gasteiger partial charge in [0.25, 0.3) is 0 Å². The molecule has 0 saturated carbocycles. The van der Waals surface area contributed by atoms with Crippen LogP contribution < -0.4 is 10.6 Å². The van der Waals surface area contributed by atoms with Crippen LogP contribution in [0.25, 0.3) is 0 Å². The summed E-state index contributed by atoms with van der Waals surface area (Å²) in [5.41, 5.74) is 7.50. The molecule has 2 N–H and O–H groups in total. The van der Waals surface area contributed by atoms with E-state index in [1.165, 1.54) is 0 Å². The minimum Gasteiger partial charge on any atom is -0.399 e. The number of sulfonamides is 1. The van der Waals surface area contributed by atoms with Crippen LogP contribution in [0.5, 0.6) is 0 Å². The van der Waals surface area contributed by atoms with Crippen molar-refractivity contribution in [3.63, 3.8) is 0 Å². The first-order valence-electron chi connectivity index (χ1n) is 6.50. The van der Waals surface area contributed by atoms with Gasteiger partial charge >= 0.3 is 0 Å². The van der Waals surface area contributed by atoms with Crippen LogP contribution in [0.4, 0.5) is 11.4 Å². The number of nitrogen functional groups attached to an aromatic ring is 1. The van der Waals surface area contributed by atoms with Crippen molar-refractivity contribution in [1.29, 1.82) is 0 Å². The molecule has 0 bridgehead atoms. The van der Waals surface area contributed by atoms with Crippen LogP contribution in [-0.4, -0.2) is 44.2 Å². The summed E-state index contributed by atoms with van der Waals surface area (Å²) in [5, 5.41) is -0.351. The highest BCUT2D eigenvalue weighted by Crippen LogP contribution is 2.20. The quantitative estimate of drug-likeness (QED) is 0.845. The second-order valence-corrected chi connectivity index (χ2v) is 7.56. The summed E-state index contributed by atoms with van der Waals surface area (Å²) in [6.45, 7) is 5.98. The van der Waals surface area contributed by atoms with Crippen LogP contribution in [0, 0.1) is 0 Å². The third-order valence-electron chi connectivity index (χ3n) is 3.45. The molecule has 1 aliphatic rings. The van der Waals surface area contributed by atoms with Crippen molar-refractivity contribution in [3.8, 4) is 0 Å². The lowest BCUT2D eigenvalue weighted by atomic mass is 10.2. The lowest BCUT2D eigenvalue weighted by Crippen LogP contribution is -2.50. The molecular weight excluding hydrogens is 262 g/mol. The first-order chi connectivity index (χ1) is 8.91. The number of hydrogen-bond donors (Lipinski definition) is 1. The Bertz CT molecular complexity index is 517. The van der Waals surface area contributed by atoms with E-state index >= 15 is 0 Å². The van der Waals surface area contributed by atoms with Gasteiger partial charge in [-0.1, -0.05) is 0 Å². The highest BCUT2D eigenvalue weighted by Gasteiger charge is 2.29. The molecule has 1 aliphatic heterocycles. The first kappa shape index (κ1) is 14.1. The van der Waals surface area contributed by atoms with Crippen molar-refractivity contribution in [3.05, 3.63) is 24.3 Å². The lowest BCUT2D eigenvalue weighted by molar-refractivity contribution is 0.381. The molecular formula is C13H21N3O2S. The number of rotatable bonds is 3. The molecule has 2 rings (SSSR count). The number of anilines is 2. The summed E-state index contributed by atoms with van der Waals surface area (Å²) in [6.07, 6.45) is 0. The fraction of sp³-hybridized carbons (Fsp3) is 0.538. The van der Waals surface area contributed by atoms with Crippen molar-refractivity contribution in [2.45, 2.75) is 19.1 Å². The van der Waals surface area contributed by atoms with Crippen LogP contribution in [0.15, 0.2) is 24.3 Å². The maximum atomic E-state index is 12.1. The van der Waals surface area contributed by atoms with Gasteiger partial charge in [0, 0.05) is 37.6 Å². The van der Waals surface area contributed by atoms with E-state index in [1.807, 2.05) is 24.3 Å². The minimum atomic E-state index is -3.13. The van der Waals surface area contributed by atoms with E-state index in [4.69, 9.17) is 5.73 Å². The minimum absolute atomic E-state index is 0.351. The first-order valence-corrected chi connectivity index (χ1v) is 8.01. The van der Waals surface area contributed by atoms with Crippen LogP contribution in [-0.2, 0) is 10.0 Å². The molecule has 6 heteroatoms. The van der Waals surface area contributed by atoms with Gasteiger partial charge in [-0.15, -0.1) is 0 Å². The molecule has 19 heavy (non-hydrogen) atoms. The number of hydrogen-bond acceptors (Lipinski definition) is 4. The predicted octanol–water partition coefficient (Wildman–Crippen LogP) is 1.13. The van der Waals surface area contributed by atoms with Gasteiger partial charge in [0.05, 0.1) is 5.25 Å². The molecule has 0 aromatic heterocycles. The highest BCUT2D eigenvalue weighted by atomic mass is 32.2. The fourth-order valence-electron chi connectivity index (χ4n) is 2.18. The highest BCUT2D eigenvalue weighted by molar-refractivity contribution is 7.89.